The van der Waals surface area contributed by atoms with Crippen molar-refractivity contribution in [3.63, 3.8) is 0 Å². The molecule has 0 radical (unpaired) electrons. The summed E-state index contributed by atoms with van der Waals surface area (Å²) in [6.45, 7) is 4.20. The van der Waals surface area contributed by atoms with Crippen molar-refractivity contribution in [3.05, 3.63) is 29.8 Å². The zero-order valence-electron chi connectivity index (χ0n) is 9.34. The molecule has 5 heteroatoms. The maximum atomic E-state index is 8.86. The van der Waals surface area contributed by atoms with E-state index in [0.29, 0.717) is 12.3 Å². The Balaban J connectivity index is 2.87. The largest absolute Gasteiger partial charge is 0.494 e. The van der Waals surface area contributed by atoms with Gasteiger partial charge in [0.15, 0.2) is 0 Å². The highest BCUT2D eigenvalue weighted by Gasteiger charge is 2.12. The number of benzene rings is 1. The van der Waals surface area contributed by atoms with Gasteiger partial charge in [-0.2, -0.15) is 5.48 Å². The fourth-order valence-corrected chi connectivity index (χ4v) is 1.34. The zero-order chi connectivity index (χ0) is 12.0. The predicted octanol–water partition coefficient (Wildman–Crippen LogP) is 1.63. The molecule has 88 valence electrons. The Kier molecular flexibility index (Phi) is 4.75. The van der Waals surface area contributed by atoms with Crippen LogP contribution in [0.1, 0.15) is 19.4 Å². The number of hydroxylamine groups is 1. The van der Waals surface area contributed by atoms with E-state index in [1.807, 2.05) is 12.4 Å². The summed E-state index contributed by atoms with van der Waals surface area (Å²) < 4.78 is 5.29. The van der Waals surface area contributed by atoms with Crippen LogP contribution in [-0.2, 0) is 0 Å². The molecule has 0 amide bonds. The van der Waals surface area contributed by atoms with Crippen molar-refractivity contribution in [2.45, 2.75) is 19.9 Å². The van der Waals surface area contributed by atoms with Gasteiger partial charge < -0.3 is 15.2 Å². The SMILES string of the molecule is CCOc1ccc(/C(=N\O)[C@H](C)NO)cc1. The van der Waals surface area contributed by atoms with E-state index in [1.165, 1.54) is 0 Å². The van der Waals surface area contributed by atoms with Gasteiger partial charge in [-0.15, -0.1) is 0 Å². The highest BCUT2D eigenvalue weighted by atomic mass is 16.5. The molecule has 0 aromatic heterocycles. The van der Waals surface area contributed by atoms with E-state index in [-0.39, 0.29) is 0 Å². The Morgan fingerprint density at radius 3 is 2.50 bits per heavy atom. The van der Waals surface area contributed by atoms with Crippen LogP contribution >= 0.6 is 0 Å². The zero-order valence-corrected chi connectivity index (χ0v) is 9.34. The molecule has 0 saturated heterocycles. The Morgan fingerprint density at radius 2 is 2.06 bits per heavy atom. The van der Waals surface area contributed by atoms with Gasteiger partial charge in [-0.25, -0.2) is 0 Å². The average Bonchev–Trinajstić information content (AvgIpc) is 2.32. The van der Waals surface area contributed by atoms with E-state index >= 15 is 0 Å². The van der Waals surface area contributed by atoms with Gasteiger partial charge >= 0.3 is 0 Å². The predicted molar refractivity (Wildman–Crippen MR) is 60.3 cm³/mol. The normalized spacial score (nSPS) is 13.6. The van der Waals surface area contributed by atoms with Gasteiger partial charge in [-0.1, -0.05) is 5.16 Å². The van der Waals surface area contributed by atoms with Gasteiger partial charge in [-0.05, 0) is 38.1 Å². The lowest BCUT2D eigenvalue weighted by Gasteiger charge is -2.11. The van der Waals surface area contributed by atoms with Crippen LogP contribution in [0.3, 0.4) is 0 Å². The second-order valence-corrected chi connectivity index (χ2v) is 3.29. The second kappa shape index (κ2) is 6.09. The van der Waals surface area contributed by atoms with Gasteiger partial charge in [0, 0.05) is 5.56 Å². The summed E-state index contributed by atoms with van der Waals surface area (Å²) >= 11 is 0. The molecule has 0 spiro atoms. The smallest absolute Gasteiger partial charge is 0.119 e. The molecule has 0 fully saturated rings. The van der Waals surface area contributed by atoms with Crippen molar-refractivity contribution in [3.8, 4) is 5.75 Å². The van der Waals surface area contributed by atoms with Crippen LogP contribution in [0.15, 0.2) is 29.4 Å². The number of rotatable bonds is 5. The maximum Gasteiger partial charge on any atom is 0.119 e. The summed E-state index contributed by atoms with van der Waals surface area (Å²) in [5.74, 6) is 0.758. The molecule has 3 N–H and O–H groups in total. The number of hydrogen-bond donors (Lipinski definition) is 3. The lowest BCUT2D eigenvalue weighted by Crippen LogP contribution is -2.32. The second-order valence-electron chi connectivity index (χ2n) is 3.29. The van der Waals surface area contributed by atoms with Gasteiger partial charge in [-0.3, -0.25) is 0 Å². The number of nitrogens with zero attached hydrogens (tertiary/aromatic N) is 1. The van der Waals surface area contributed by atoms with E-state index in [0.717, 1.165) is 11.3 Å². The van der Waals surface area contributed by atoms with Crippen molar-refractivity contribution in [2.24, 2.45) is 5.16 Å². The standard InChI is InChI=1S/C11H16N2O3/c1-3-16-10-6-4-9(5-7-10)11(13-15)8(2)12-14/h4-8,12,14-15H,3H2,1-2H3/b13-11-/t8-/m0/s1. The minimum Gasteiger partial charge on any atom is -0.494 e. The molecule has 0 saturated carbocycles. The fourth-order valence-electron chi connectivity index (χ4n) is 1.34. The van der Waals surface area contributed by atoms with Crippen molar-refractivity contribution >= 4 is 5.71 Å². The molecule has 1 atom stereocenters. The molecule has 1 aromatic carbocycles. The minimum atomic E-state index is -0.442. The van der Waals surface area contributed by atoms with E-state index in [1.54, 1.807) is 31.2 Å². The molecule has 0 aliphatic carbocycles. The molecule has 0 heterocycles. The quantitative estimate of drug-likeness (QED) is 0.404. The van der Waals surface area contributed by atoms with Crippen molar-refractivity contribution in [1.29, 1.82) is 0 Å². The van der Waals surface area contributed by atoms with E-state index in [2.05, 4.69) is 5.16 Å². The van der Waals surface area contributed by atoms with E-state index in [9.17, 15) is 0 Å². The molecular weight excluding hydrogens is 208 g/mol. The highest BCUT2D eigenvalue weighted by molar-refractivity contribution is 6.03. The van der Waals surface area contributed by atoms with Crippen molar-refractivity contribution in [1.82, 2.24) is 5.48 Å². The molecule has 0 bridgehead atoms. The summed E-state index contributed by atoms with van der Waals surface area (Å²) in [6.07, 6.45) is 0. The van der Waals surface area contributed by atoms with Crippen LogP contribution in [-0.4, -0.2) is 28.8 Å². The first-order valence-corrected chi connectivity index (χ1v) is 5.07. The van der Waals surface area contributed by atoms with Crippen LogP contribution in [0, 0.1) is 0 Å². The average molecular weight is 224 g/mol. The molecule has 0 aliphatic rings. The summed E-state index contributed by atoms with van der Waals surface area (Å²) in [5, 5.41) is 20.8. The first-order valence-electron chi connectivity index (χ1n) is 5.07. The number of ether oxygens (including phenoxy) is 1. The summed E-state index contributed by atoms with van der Waals surface area (Å²) in [5.41, 5.74) is 3.12. The third kappa shape index (κ3) is 2.95. The van der Waals surface area contributed by atoms with Gasteiger partial charge in [0.1, 0.15) is 11.5 Å². The third-order valence-corrected chi connectivity index (χ3v) is 2.17. The Hall–Kier alpha value is -1.59. The van der Waals surface area contributed by atoms with Crippen LogP contribution in [0.2, 0.25) is 0 Å². The molecule has 1 aromatic rings. The topological polar surface area (TPSA) is 74.1 Å². The minimum absolute atomic E-state index is 0.366. The first-order chi connectivity index (χ1) is 7.72. The van der Waals surface area contributed by atoms with Crippen LogP contribution in [0.4, 0.5) is 0 Å². The molecule has 5 nitrogen and oxygen atoms in total. The van der Waals surface area contributed by atoms with Crippen LogP contribution < -0.4 is 10.2 Å². The monoisotopic (exact) mass is 224 g/mol. The Bertz CT molecular complexity index is 349. The van der Waals surface area contributed by atoms with Gasteiger partial charge in [0.25, 0.3) is 0 Å². The number of hydrogen-bond acceptors (Lipinski definition) is 5. The van der Waals surface area contributed by atoms with Crippen molar-refractivity contribution < 1.29 is 15.2 Å². The third-order valence-electron chi connectivity index (χ3n) is 2.17. The molecule has 16 heavy (non-hydrogen) atoms. The van der Waals surface area contributed by atoms with Gasteiger partial charge in [0.05, 0.1) is 12.6 Å². The summed E-state index contributed by atoms with van der Waals surface area (Å²) in [4.78, 5) is 0. The molecule has 0 unspecified atom stereocenters. The number of oxime groups is 1. The Labute approximate surface area is 94.3 Å². The fraction of sp³-hybridized carbons (Fsp3) is 0.364. The Morgan fingerprint density at radius 1 is 1.44 bits per heavy atom. The lowest BCUT2D eigenvalue weighted by atomic mass is 10.1. The van der Waals surface area contributed by atoms with E-state index < -0.39 is 6.04 Å². The van der Waals surface area contributed by atoms with E-state index in [4.69, 9.17) is 15.2 Å². The van der Waals surface area contributed by atoms with Gasteiger partial charge in [0.2, 0.25) is 0 Å². The maximum absolute atomic E-state index is 8.86. The van der Waals surface area contributed by atoms with Crippen LogP contribution in [0.25, 0.3) is 0 Å². The van der Waals surface area contributed by atoms with Crippen molar-refractivity contribution in [2.75, 3.05) is 6.61 Å². The van der Waals surface area contributed by atoms with Crippen LogP contribution in [0.5, 0.6) is 5.75 Å². The summed E-state index contributed by atoms with van der Waals surface area (Å²) in [6, 6.07) is 6.67. The first kappa shape index (κ1) is 12.5. The molecule has 1 rings (SSSR count). The highest BCUT2D eigenvalue weighted by Crippen LogP contribution is 2.13. The molecule has 0 aliphatic heterocycles. The number of nitrogens with one attached hydrogen (secondary N) is 1. The molecular formula is C11H16N2O3. The summed E-state index contributed by atoms with van der Waals surface area (Å²) in [7, 11) is 0. The lowest BCUT2D eigenvalue weighted by molar-refractivity contribution is 0.154.